The van der Waals surface area contributed by atoms with Crippen molar-refractivity contribution >= 4 is 68.4 Å². The van der Waals surface area contributed by atoms with Gasteiger partial charge in [0.15, 0.2) is 6.61 Å². The van der Waals surface area contributed by atoms with Gasteiger partial charge in [-0.15, -0.1) is 0 Å². The summed E-state index contributed by atoms with van der Waals surface area (Å²) < 4.78 is 59.5. The molecule has 2 fully saturated rings. The number of aryl methyl sites for hydroxylation is 1. The first kappa shape index (κ1) is 36.2. The highest BCUT2D eigenvalue weighted by Gasteiger charge is 2.32. The molecule has 0 aliphatic carbocycles. The summed E-state index contributed by atoms with van der Waals surface area (Å²) in [7, 11) is -0.709. The van der Waals surface area contributed by atoms with E-state index in [1.165, 1.54) is 6.20 Å². The number of aromatic nitrogens is 5. The van der Waals surface area contributed by atoms with E-state index < -0.39 is 19.9 Å². The number of hydrogen-bond donors (Lipinski definition) is 2. The van der Waals surface area contributed by atoms with Gasteiger partial charge >= 0.3 is 6.18 Å². The molecule has 2 N–H and O–H groups in total. The van der Waals surface area contributed by atoms with E-state index in [0.717, 1.165) is 57.7 Å². The maximum atomic E-state index is 13.4. The lowest BCUT2D eigenvalue weighted by Gasteiger charge is -2.42. The predicted molar refractivity (Wildman–Crippen MR) is 194 cm³/mol. The molecule has 0 atom stereocenters. The number of nitrogens with one attached hydrogen (secondary N) is 2. The molecular weight excluding hydrogens is 736 g/mol. The zero-order valence-corrected chi connectivity index (χ0v) is 30.9. The topological polar surface area (TPSA) is 125 Å². The number of pyridine rings is 1. The van der Waals surface area contributed by atoms with Crippen LogP contribution in [-0.4, -0.2) is 113 Å². The molecule has 3 aromatic heterocycles. The van der Waals surface area contributed by atoms with E-state index in [1.807, 2.05) is 6.92 Å². The average Bonchev–Trinajstić information content (AvgIpc) is 3.08. The molecule has 0 unspecified atom stereocenters. The summed E-state index contributed by atoms with van der Waals surface area (Å²) >= 11 is 3.48. The zero-order chi connectivity index (χ0) is 35.6. The van der Waals surface area contributed by atoms with E-state index in [9.17, 15) is 17.7 Å². The molecule has 50 heavy (non-hydrogen) atoms. The van der Waals surface area contributed by atoms with Gasteiger partial charge in [0, 0.05) is 63.9 Å². The Hall–Kier alpha value is -3.59. The molecule has 0 amide bonds. The average molecular weight is 778 g/mol. The molecule has 2 aliphatic rings. The number of anilines is 5. The zero-order valence-electron chi connectivity index (χ0n) is 28.5. The Kier molecular flexibility index (Phi) is 10.8. The summed E-state index contributed by atoms with van der Waals surface area (Å²) in [5.41, 5.74) is 2.73. The second-order valence-corrected chi connectivity index (χ2v) is 17.0. The Bertz CT molecular complexity index is 1880. The molecule has 17 heteroatoms. The van der Waals surface area contributed by atoms with Gasteiger partial charge < -0.3 is 29.7 Å². The molecule has 4 aromatic rings. The Labute approximate surface area is 297 Å². The molecule has 6 rings (SSSR count). The van der Waals surface area contributed by atoms with Gasteiger partial charge in [0.05, 0.1) is 21.0 Å². The van der Waals surface area contributed by atoms with Crippen LogP contribution >= 0.6 is 23.1 Å². The van der Waals surface area contributed by atoms with Crippen molar-refractivity contribution in [1.29, 1.82) is 0 Å². The molecule has 0 bridgehead atoms. The highest BCUT2D eigenvalue weighted by Crippen LogP contribution is 2.41. The van der Waals surface area contributed by atoms with E-state index >= 15 is 0 Å². The van der Waals surface area contributed by atoms with Gasteiger partial charge in [-0.1, -0.05) is 6.92 Å². The third kappa shape index (κ3) is 8.47. The fourth-order valence-electron chi connectivity index (χ4n) is 6.47. The van der Waals surface area contributed by atoms with Gasteiger partial charge in [0.2, 0.25) is 11.8 Å². The second-order valence-electron chi connectivity index (χ2n) is 13.0. The van der Waals surface area contributed by atoms with Gasteiger partial charge in [-0.25, -0.2) is 4.98 Å². The number of hydrogen-bond acceptors (Lipinski definition) is 12. The number of alkyl halides is 3. The number of fused-ring (bicyclic) bond motifs is 1. The highest BCUT2D eigenvalue weighted by molar-refractivity contribution is 9.10. The van der Waals surface area contributed by atoms with Crippen LogP contribution < -0.4 is 25.6 Å². The summed E-state index contributed by atoms with van der Waals surface area (Å²) in [5, 5.41) is 6.81. The fraction of sp³-hybridized carbons (Fsp3) is 0.485. The molecule has 1 aromatic carbocycles. The van der Waals surface area contributed by atoms with E-state index in [0.29, 0.717) is 50.6 Å². The van der Waals surface area contributed by atoms with Crippen molar-refractivity contribution in [2.24, 2.45) is 0 Å². The van der Waals surface area contributed by atoms with E-state index in [1.54, 1.807) is 43.9 Å². The summed E-state index contributed by atoms with van der Waals surface area (Å²) in [4.78, 5) is 29.5. The fourth-order valence-corrected chi connectivity index (χ4v) is 8.16. The Morgan fingerprint density at radius 1 is 0.980 bits per heavy atom. The van der Waals surface area contributed by atoms with Crippen LogP contribution in [0.4, 0.5) is 42.1 Å². The monoisotopic (exact) mass is 776 g/mol. The molecule has 12 nitrogen and oxygen atoms in total. The maximum Gasteiger partial charge on any atom is 0.422 e. The van der Waals surface area contributed by atoms with Crippen LogP contribution in [-0.2, 0) is 11.0 Å². The quantitative estimate of drug-likeness (QED) is 0.183. The molecular formula is C33H41BrF3N10O2P. The first-order valence-electron chi connectivity index (χ1n) is 16.6. The summed E-state index contributed by atoms with van der Waals surface area (Å²) in [6.07, 6.45) is 2.58. The van der Waals surface area contributed by atoms with Crippen molar-refractivity contribution in [3.05, 3.63) is 46.8 Å². The van der Waals surface area contributed by atoms with Crippen LogP contribution in [0.5, 0.6) is 5.88 Å². The Morgan fingerprint density at radius 2 is 1.70 bits per heavy atom. The number of nitrogens with zero attached hydrogens (tertiary/aromatic N) is 8. The number of likely N-dealkylation sites (N-methyl/N-ethyl adjacent to an activating group) is 1. The maximum absolute atomic E-state index is 13.4. The molecule has 0 radical (unpaired) electrons. The SMILES string of the molecule is CCc1cc(Nc2ncc(Br)c(Nc3ccc4nccnc4c3P(C)(C)=O)n2)c(OCC(F)(F)F)nc1N1CCC(N2CCN(C)CC2)CC1. The third-order valence-corrected chi connectivity index (χ3v) is 11.1. The smallest absolute Gasteiger partial charge is 0.422 e. The minimum Gasteiger partial charge on any atom is -0.466 e. The normalized spacial score (nSPS) is 16.9. The van der Waals surface area contributed by atoms with Crippen LogP contribution in [0.3, 0.4) is 0 Å². The first-order valence-corrected chi connectivity index (χ1v) is 20.0. The Morgan fingerprint density at radius 3 is 2.38 bits per heavy atom. The minimum atomic E-state index is -4.56. The second kappa shape index (κ2) is 14.9. The number of halogens is 4. The van der Waals surface area contributed by atoms with E-state index in [2.05, 4.69) is 73.2 Å². The van der Waals surface area contributed by atoms with Gasteiger partial charge in [-0.2, -0.15) is 23.1 Å². The van der Waals surface area contributed by atoms with E-state index in [4.69, 9.17) is 4.74 Å². The lowest BCUT2D eigenvalue weighted by Crippen LogP contribution is -2.52. The standard InChI is InChI=1S/C33H41BrF3N10O2P/c1-5-21-18-26(31(49-20-33(35,36)37)44-30(21)47-12-8-22(9-13-47)46-16-14-45(2)15-17-46)42-32-40-19-23(34)29(43-32)41-25-7-6-24-27(39-11-10-38-24)28(25)50(3,4)48/h6-7,10-11,18-19,22H,5,8-9,12-17,20H2,1-4H3,(H2,40,41,42,43). The first-order chi connectivity index (χ1) is 23.8. The highest BCUT2D eigenvalue weighted by atomic mass is 79.9. The van der Waals surface area contributed by atoms with Crippen LogP contribution in [0.1, 0.15) is 25.3 Å². The lowest BCUT2D eigenvalue weighted by molar-refractivity contribution is -0.153. The van der Waals surface area contributed by atoms with Gasteiger partial charge in [0.25, 0.3) is 0 Å². The predicted octanol–water partition coefficient (Wildman–Crippen LogP) is 6.03. The minimum absolute atomic E-state index is 0.0930. The van der Waals surface area contributed by atoms with Gasteiger partial charge in [-0.05, 0) is 79.3 Å². The summed E-state index contributed by atoms with van der Waals surface area (Å²) in [6, 6.07) is 5.78. The molecule has 0 saturated carbocycles. The largest absolute Gasteiger partial charge is 0.466 e. The molecule has 5 heterocycles. The van der Waals surface area contributed by atoms with Crippen LogP contribution in [0.25, 0.3) is 11.0 Å². The van der Waals surface area contributed by atoms with Crippen molar-refractivity contribution in [3.63, 3.8) is 0 Å². The van der Waals surface area contributed by atoms with E-state index in [-0.39, 0.29) is 17.5 Å². The molecule has 2 aliphatic heterocycles. The number of piperazine rings is 1. The van der Waals surface area contributed by atoms with Crippen molar-refractivity contribution in [2.75, 3.05) is 81.8 Å². The number of benzene rings is 1. The Balaban J connectivity index is 1.28. The van der Waals surface area contributed by atoms with Gasteiger partial charge in [-0.3, -0.25) is 14.9 Å². The van der Waals surface area contributed by atoms with Crippen molar-refractivity contribution in [1.82, 2.24) is 34.7 Å². The van der Waals surface area contributed by atoms with Crippen LogP contribution in [0, 0.1) is 0 Å². The lowest BCUT2D eigenvalue weighted by atomic mass is 10.0. The van der Waals surface area contributed by atoms with Crippen molar-refractivity contribution < 1.29 is 22.5 Å². The summed E-state index contributed by atoms with van der Waals surface area (Å²) in [6.45, 7) is 9.48. The molecule has 268 valence electrons. The molecule has 2 saturated heterocycles. The van der Waals surface area contributed by atoms with Crippen LogP contribution in [0.15, 0.2) is 41.3 Å². The van der Waals surface area contributed by atoms with Crippen LogP contribution in [0.2, 0.25) is 0 Å². The number of ether oxygens (including phenoxy) is 1. The molecule has 0 spiro atoms. The van der Waals surface area contributed by atoms with Gasteiger partial charge in [0.1, 0.15) is 30.0 Å². The number of piperidine rings is 1. The van der Waals surface area contributed by atoms with Crippen molar-refractivity contribution in [2.45, 2.75) is 38.4 Å². The third-order valence-electron chi connectivity index (χ3n) is 9.01. The van der Waals surface area contributed by atoms with Crippen molar-refractivity contribution in [3.8, 4) is 5.88 Å². The number of rotatable bonds is 10. The summed E-state index contributed by atoms with van der Waals surface area (Å²) in [5.74, 6) is 0.865.